The fraction of sp³-hybridized carbons (Fsp3) is 0.143. The number of hydrogen-bond acceptors (Lipinski definition) is 2. The lowest BCUT2D eigenvalue weighted by molar-refractivity contribution is 0.0938. The SMILES string of the molecule is C[C@H](NC(=O)c1ccc[nH]c1=O)c1ccccc1Cl. The molecule has 0 spiro atoms. The van der Waals surface area contributed by atoms with Crippen LogP contribution in [-0.2, 0) is 0 Å². The maximum atomic E-state index is 12.0. The molecular weight excluding hydrogens is 264 g/mol. The zero-order valence-corrected chi connectivity index (χ0v) is 11.1. The largest absolute Gasteiger partial charge is 0.345 e. The van der Waals surface area contributed by atoms with Crippen molar-refractivity contribution in [3.8, 4) is 0 Å². The molecule has 2 rings (SSSR count). The summed E-state index contributed by atoms with van der Waals surface area (Å²) in [4.78, 5) is 26.0. The van der Waals surface area contributed by atoms with Crippen molar-refractivity contribution in [3.63, 3.8) is 0 Å². The van der Waals surface area contributed by atoms with Crippen molar-refractivity contribution in [3.05, 3.63) is 69.1 Å². The molecule has 0 radical (unpaired) electrons. The Labute approximate surface area is 115 Å². The molecule has 2 aromatic rings. The molecule has 1 aromatic heterocycles. The Balaban J connectivity index is 2.18. The summed E-state index contributed by atoms with van der Waals surface area (Å²) in [6.45, 7) is 1.82. The van der Waals surface area contributed by atoms with E-state index in [1.165, 1.54) is 12.3 Å². The second kappa shape index (κ2) is 5.71. The normalized spacial score (nSPS) is 11.9. The quantitative estimate of drug-likeness (QED) is 0.905. The number of amides is 1. The Hall–Kier alpha value is -2.07. The van der Waals surface area contributed by atoms with Gasteiger partial charge in [0, 0.05) is 11.2 Å². The maximum Gasteiger partial charge on any atom is 0.260 e. The van der Waals surface area contributed by atoms with Gasteiger partial charge < -0.3 is 10.3 Å². The minimum Gasteiger partial charge on any atom is -0.345 e. The predicted octanol–water partition coefficient (Wildman–Crippen LogP) is 2.52. The number of carbonyl (C=O) groups is 1. The molecular formula is C14H13ClN2O2. The van der Waals surface area contributed by atoms with Gasteiger partial charge in [0.1, 0.15) is 5.56 Å². The number of hydrogen-bond donors (Lipinski definition) is 2. The van der Waals surface area contributed by atoms with Crippen LogP contribution >= 0.6 is 11.6 Å². The lowest BCUT2D eigenvalue weighted by Gasteiger charge is -2.15. The minimum absolute atomic E-state index is 0.0846. The van der Waals surface area contributed by atoms with E-state index in [-0.39, 0.29) is 11.6 Å². The fourth-order valence-corrected chi connectivity index (χ4v) is 2.08. The molecule has 5 heteroatoms. The molecule has 19 heavy (non-hydrogen) atoms. The van der Waals surface area contributed by atoms with Gasteiger partial charge >= 0.3 is 0 Å². The van der Waals surface area contributed by atoms with Crippen LogP contribution in [0.3, 0.4) is 0 Å². The molecule has 1 amide bonds. The summed E-state index contributed by atoms with van der Waals surface area (Å²) in [6.07, 6.45) is 1.48. The molecule has 4 nitrogen and oxygen atoms in total. The number of H-pyrrole nitrogens is 1. The average Bonchev–Trinajstić information content (AvgIpc) is 2.39. The summed E-state index contributed by atoms with van der Waals surface area (Å²) in [5.41, 5.74) is 0.484. The first-order valence-electron chi connectivity index (χ1n) is 5.82. The van der Waals surface area contributed by atoms with Crippen LogP contribution in [0.5, 0.6) is 0 Å². The predicted molar refractivity (Wildman–Crippen MR) is 74.4 cm³/mol. The van der Waals surface area contributed by atoms with E-state index in [0.717, 1.165) is 5.56 Å². The topological polar surface area (TPSA) is 62.0 Å². The van der Waals surface area contributed by atoms with E-state index in [4.69, 9.17) is 11.6 Å². The van der Waals surface area contributed by atoms with Crippen molar-refractivity contribution in [2.45, 2.75) is 13.0 Å². The van der Waals surface area contributed by atoms with E-state index in [9.17, 15) is 9.59 Å². The van der Waals surface area contributed by atoms with E-state index in [1.54, 1.807) is 12.1 Å². The third kappa shape index (κ3) is 3.03. The smallest absolute Gasteiger partial charge is 0.260 e. The molecule has 0 aliphatic rings. The van der Waals surface area contributed by atoms with Gasteiger partial charge in [-0.2, -0.15) is 0 Å². The lowest BCUT2D eigenvalue weighted by atomic mass is 10.1. The number of pyridine rings is 1. The minimum atomic E-state index is -0.422. The summed E-state index contributed by atoms with van der Waals surface area (Å²) >= 11 is 6.06. The van der Waals surface area contributed by atoms with Crippen molar-refractivity contribution in [1.29, 1.82) is 0 Å². The first-order chi connectivity index (χ1) is 9.09. The van der Waals surface area contributed by atoms with Crippen molar-refractivity contribution >= 4 is 17.5 Å². The van der Waals surface area contributed by atoms with Gasteiger partial charge in [-0.1, -0.05) is 29.8 Å². The molecule has 2 N–H and O–H groups in total. The standard InChI is InChI=1S/C14H13ClN2O2/c1-9(10-5-2-3-7-12(10)15)17-14(19)11-6-4-8-16-13(11)18/h2-9H,1H3,(H,16,18)(H,17,19)/t9-/m0/s1. The molecule has 98 valence electrons. The number of halogens is 1. The number of benzene rings is 1. The molecule has 1 heterocycles. The second-order valence-corrected chi connectivity index (χ2v) is 4.54. The van der Waals surface area contributed by atoms with Gasteiger partial charge in [0.05, 0.1) is 6.04 Å². The molecule has 0 aliphatic heterocycles. The van der Waals surface area contributed by atoms with Crippen molar-refractivity contribution in [1.82, 2.24) is 10.3 Å². The van der Waals surface area contributed by atoms with Gasteiger partial charge in [-0.3, -0.25) is 9.59 Å². The highest BCUT2D eigenvalue weighted by atomic mass is 35.5. The number of nitrogens with one attached hydrogen (secondary N) is 2. The first-order valence-corrected chi connectivity index (χ1v) is 6.20. The third-order valence-corrected chi connectivity index (χ3v) is 3.13. The molecule has 0 saturated carbocycles. The molecule has 0 unspecified atom stereocenters. The van der Waals surface area contributed by atoms with E-state index in [2.05, 4.69) is 10.3 Å². The molecule has 1 atom stereocenters. The van der Waals surface area contributed by atoms with Crippen molar-refractivity contribution in [2.75, 3.05) is 0 Å². The zero-order chi connectivity index (χ0) is 13.8. The Morgan fingerprint density at radius 3 is 2.68 bits per heavy atom. The van der Waals surface area contributed by atoms with Gasteiger partial charge in [-0.25, -0.2) is 0 Å². The number of aromatic amines is 1. The summed E-state index contributed by atoms with van der Waals surface area (Å²) in [7, 11) is 0. The highest BCUT2D eigenvalue weighted by molar-refractivity contribution is 6.31. The van der Waals surface area contributed by atoms with E-state index in [0.29, 0.717) is 5.02 Å². The Bertz CT molecular complexity index is 652. The Morgan fingerprint density at radius 1 is 1.26 bits per heavy atom. The summed E-state index contributed by atoms with van der Waals surface area (Å²) in [5.74, 6) is -0.422. The third-order valence-electron chi connectivity index (χ3n) is 2.78. The number of aromatic nitrogens is 1. The van der Waals surface area contributed by atoms with Crippen molar-refractivity contribution < 1.29 is 4.79 Å². The molecule has 0 bridgehead atoms. The van der Waals surface area contributed by atoms with Crippen molar-refractivity contribution in [2.24, 2.45) is 0 Å². The fourth-order valence-electron chi connectivity index (χ4n) is 1.78. The van der Waals surface area contributed by atoms with Crippen LogP contribution in [0.1, 0.15) is 28.9 Å². The summed E-state index contributed by atoms with van der Waals surface area (Å²) in [6, 6.07) is 10.1. The van der Waals surface area contributed by atoms with Gasteiger partial charge in [0.2, 0.25) is 0 Å². The van der Waals surface area contributed by atoms with Gasteiger partial charge in [-0.05, 0) is 30.7 Å². The Morgan fingerprint density at radius 2 is 2.00 bits per heavy atom. The van der Waals surface area contributed by atoms with Gasteiger partial charge in [0.15, 0.2) is 0 Å². The highest BCUT2D eigenvalue weighted by Gasteiger charge is 2.15. The van der Waals surface area contributed by atoms with Crippen LogP contribution in [0.25, 0.3) is 0 Å². The second-order valence-electron chi connectivity index (χ2n) is 4.13. The maximum absolute atomic E-state index is 12.0. The van der Waals surface area contributed by atoms with Crippen LogP contribution in [0.2, 0.25) is 5.02 Å². The molecule has 0 fully saturated rings. The van der Waals surface area contributed by atoms with E-state index in [1.807, 2.05) is 25.1 Å². The van der Waals surface area contributed by atoms with Gasteiger partial charge in [-0.15, -0.1) is 0 Å². The monoisotopic (exact) mass is 276 g/mol. The highest BCUT2D eigenvalue weighted by Crippen LogP contribution is 2.22. The average molecular weight is 277 g/mol. The van der Waals surface area contributed by atoms with E-state index >= 15 is 0 Å². The lowest BCUT2D eigenvalue weighted by Crippen LogP contribution is -2.31. The van der Waals surface area contributed by atoms with Crippen LogP contribution < -0.4 is 10.9 Å². The van der Waals surface area contributed by atoms with Crippen LogP contribution in [-0.4, -0.2) is 10.9 Å². The first kappa shape index (κ1) is 13.4. The van der Waals surface area contributed by atoms with Crippen LogP contribution in [0.4, 0.5) is 0 Å². The summed E-state index contributed by atoms with van der Waals surface area (Å²) in [5, 5.41) is 3.33. The summed E-state index contributed by atoms with van der Waals surface area (Å²) < 4.78 is 0. The number of carbonyl (C=O) groups excluding carboxylic acids is 1. The molecule has 0 aliphatic carbocycles. The van der Waals surface area contributed by atoms with Crippen LogP contribution in [0.15, 0.2) is 47.4 Å². The molecule has 1 aromatic carbocycles. The van der Waals surface area contributed by atoms with E-state index < -0.39 is 11.5 Å². The number of rotatable bonds is 3. The zero-order valence-electron chi connectivity index (χ0n) is 10.3. The van der Waals surface area contributed by atoms with Gasteiger partial charge in [0.25, 0.3) is 11.5 Å². The Kier molecular flexibility index (Phi) is 4.02. The van der Waals surface area contributed by atoms with Crippen LogP contribution in [0, 0.1) is 0 Å². The molecule has 0 saturated heterocycles.